The van der Waals surface area contributed by atoms with E-state index in [0.29, 0.717) is 24.4 Å². The van der Waals surface area contributed by atoms with Gasteiger partial charge in [0.2, 0.25) is 11.7 Å². The lowest BCUT2D eigenvalue weighted by Gasteiger charge is -2.20. The van der Waals surface area contributed by atoms with Gasteiger partial charge >= 0.3 is 0 Å². The number of hydrogen-bond acceptors (Lipinski definition) is 5. The lowest BCUT2D eigenvalue weighted by Crippen LogP contribution is -2.33. The highest BCUT2D eigenvalue weighted by atomic mass is 16.5. The number of rotatable bonds is 10. The van der Waals surface area contributed by atoms with E-state index in [1.807, 2.05) is 6.92 Å². The molecule has 1 heterocycles. The Kier molecular flexibility index (Phi) is 7.77. The van der Waals surface area contributed by atoms with Gasteiger partial charge in [0.25, 0.3) is 0 Å². The Morgan fingerprint density at radius 1 is 1.25 bits per heavy atom. The highest BCUT2D eigenvalue weighted by Gasteiger charge is 2.24. The Labute approximate surface area is 122 Å². The number of aromatic nitrogens is 2. The number of nitrogens with zero attached hydrogens (tertiary/aromatic N) is 2. The van der Waals surface area contributed by atoms with Crippen molar-refractivity contribution in [1.82, 2.24) is 15.5 Å². The molecule has 0 saturated carbocycles. The van der Waals surface area contributed by atoms with Gasteiger partial charge in [-0.15, -0.1) is 0 Å². The standard InChI is InChI=1S/C15H29N3O2/c1-6-10-13(19-9-4)14-17-15(20-18-14)11(5)12(7-2)16-8-3/h11-13,16H,6-10H2,1-5H3. The topological polar surface area (TPSA) is 60.2 Å². The van der Waals surface area contributed by atoms with Gasteiger partial charge in [-0.3, -0.25) is 0 Å². The Balaban J connectivity index is 2.78. The molecule has 0 aromatic carbocycles. The van der Waals surface area contributed by atoms with Crippen LogP contribution in [-0.2, 0) is 4.74 Å². The minimum absolute atomic E-state index is 0.0473. The van der Waals surface area contributed by atoms with Crippen LogP contribution in [0.1, 0.15) is 77.6 Å². The Morgan fingerprint density at radius 2 is 2.00 bits per heavy atom. The molecule has 20 heavy (non-hydrogen) atoms. The molecule has 1 aromatic heterocycles. The average molecular weight is 283 g/mol. The van der Waals surface area contributed by atoms with E-state index in [4.69, 9.17) is 9.26 Å². The van der Waals surface area contributed by atoms with Crippen molar-refractivity contribution >= 4 is 0 Å². The zero-order chi connectivity index (χ0) is 15.0. The fraction of sp³-hybridized carbons (Fsp3) is 0.867. The number of likely N-dealkylation sites (N-methyl/N-ethyl adjacent to an activating group) is 1. The third-order valence-electron chi connectivity index (χ3n) is 3.56. The summed E-state index contributed by atoms with van der Waals surface area (Å²) in [7, 11) is 0. The Morgan fingerprint density at radius 3 is 2.55 bits per heavy atom. The maximum absolute atomic E-state index is 5.70. The SMILES string of the molecule is CCCC(OCC)c1noc(C(C)C(CC)NCC)n1. The molecule has 0 aliphatic rings. The van der Waals surface area contributed by atoms with Crippen molar-refractivity contribution in [3.05, 3.63) is 11.7 Å². The minimum atomic E-state index is -0.0473. The third kappa shape index (κ3) is 4.56. The van der Waals surface area contributed by atoms with E-state index in [0.717, 1.165) is 25.8 Å². The molecule has 3 atom stereocenters. The van der Waals surface area contributed by atoms with E-state index in [9.17, 15) is 0 Å². The van der Waals surface area contributed by atoms with Gasteiger partial charge in [-0.2, -0.15) is 4.98 Å². The van der Waals surface area contributed by atoms with E-state index < -0.39 is 0 Å². The molecule has 3 unspecified atom stereocenters. The van der Waals surface area contributed by atoms with Crippen LogP contribution in [0.5, 0.6) is 0 Å². The molecule has 0 bridgehead atoms. The summed E-state index contributed by atoms with van der Waals surface area (Å²) < 4.78 is 11.1. The Hall–Kier alpha value is -0.940. The largest absolute Gasteiger partial charge is 0.370 e. The molecule has 1 aromatic rings. The first-order valence-electron chi connectivity index (χ1n) is 7.86. The van der Waals surface area contributed by atoms with Gasteiger partial charge < -0.3 is 14.6 Å². The van der Waals surface area contributed by atoms with Gasteiger partial charge in [-0.05, 0) is 26.3 Å². The molecule has 116 valence electrons. The van der Waals surface area contributed by atoms with E-state index in [-0.39, 0.29) is 12.0 Å². The lowest BCUT2D eigenvalue weighted by molar-refractivity contribution is 0.0477. The smallest absolute Gasteiger partial charge is 0.231 e. The van der Waals surface area contributed by atoms with Gasteiger partial charge in [-0.25, -0.2) is 0 Å². The van der Waals surface area contributed by atoms with E-state index >= 15 is 0 Å². The number of ether oxygens (including phenoxy) is 1. The first kappa shape index (κ1) is 17.1. The number of nitrogens with one attached hydrogen (secondary N) is 1. The fourth-order valence-corrected chi connectivity index (χ4v) is 2.42. The van der Waals surface area contributed by atoms with Gasteiger partial charge in [0.15, 0.2) is 0 Å². The summed E-state index contributed by atoms with van der Waals surface area (Å²) in [5, 5.41) is 7.57. The highest BCUT2D eigenvalue weighted by Crippen LogP contribution is 2.24. The summed E-state index contributed by atoms with van der Waals surface area (Å²) in [6.45, 7) is 12.1. The van der Waals surface area contributed by atoms with Crippen molar-refractivity contribution in [2.45, 2.75) is 71.9 Å². The van der Waals surface area contributed by atoms with Gasteiger partial charge in [0.05, 0.1) is 5.92 Å². The molecular formula is C15H29N3O2. The van der Waals surface area contributed by atoms with Gasteiger partial charge in [0.1, 0.15) is 6.10 Å². The predicted octanol–water partition coefficient (Wildman–Crippen LogP) is 3.44. The molecule has 0 spiro atoms. The normalized spacial score (nSPS) is 16.1. The van der Waals surface area contributed by atoms with Crippen LogP contribution in [0.25, 0.3) is 0 Å². The van der Waals surface area contributed by atoms with E-state index in [1.165, 1.54) is 0 Å². The van der Waals surface area contributed by atoms with Crippen molar-refractivity contribution in [3.63, 3.8) is 0 Å². The minimum Gasteiger partial charge on any atom is -0.370 e. The summed E-state index contributed by atoms with van der Waals surface area (Å²) in [4.78, 5) is 4.56. The maximum Gasteiger partial charge on any atom is 0.231 e. The quantitative estimate of drug-likeness (QED) is 0.712. The second kappa shape index (κ2) is 9.08. The van der Waals surface area contributed by atoms with E-state index in [1.54, 1.807) is 0 Å². The summed E-state index contributed by atoms with van der Waals surface area (Å²) in [5.74, 6) is 1.60. The van der Waals surface area contributed by atoms with Crippen molar-refractivity contribution in [3.8, 4) is 0 Å². The van der Waals surface area contributed by atoms with Crippen molar-refractivity contribution in [2.24, 2.45) is 0 Å². The van der Waals surface area contributed by atoms with Crippen molar-refractivity contribution in [2.75, 3.05) is 13.2 Å². The van der Waals surface area contributed by atoms with Crippen LogP contribution >= 0.6 is 0 Å². The summed E-state index contributed by atoms with van der Waals surface area (Å²) >= 11 is 0. The maximum atomic E-state index is 5.70. The van der Waals surface area contributed by atoms with Crippen LogP contribution in [0.4, 0.5) is 0 Å². The summed E-state index contributed by atoms with van der Waals surface area (Å²) in [5.41, 5.74) is 0. The van der Waals surface area contributed by atoms with Gasteiger partial charge in [0, 0.05) is 12.6 Å². The van der Waals surface area contributed by atoms with Crippen LogP contribution < -0.4 is 5.32 Å². The molecule has 0 saturated heterocycles. The first-order chi connectivity index (χ1) is 9.67. The lowest BCUT2D eigenvalue weighted by atomic mass is 9.99. The third-order valence-corrected chi connectivity index (χ3v) is 3.56. The second-order valence-electron chi connectivity index (χ2n) is 5.08. The van der Waals surface area contributed by atoms with E-state index in [2.05, 4.69) is 43.2 Å². The molecule has 0 fully saturated rings. The Bertz CT molecular complexity index is 362. The highest BCUT2D eigenvalue weighted by molar-refractivity contribution is 4.99. The molecule has 5 nitrogen and oxygen atoms in total. The van der Waals surface area contributed by atoms with Crippen molar-refractivity contribution in [1.29, 1.82) is 0 Å². The van der Waals surface area contributed by atoms with Crippen molar-refractivity contribution < 1.29 is 9.26 Å². The molecule has 0 radical (unpaired) electrons. The fourth-order valence-electron chi connectivity index (χ4n) is 2.42. The van der Waals surface area contributed by atoms with Crippen LogP contribution in [0, 0.1) is 0 Å². The first-order valence-corrected chi connectivity index (χ1v) is 7.86. The van der Waals surface area contributed by atoms with Crippen LogP contribution in [-0.4, -0.2) is 29.3 Å². The molecule has 0 amide bonds. The van der Waals surface area contributed by atoms with Crippen LogP contribution in [0.3, 0.4) is 0 Å². The average Bonchev–Trinajstić information content (AvgIpc) is 2.93. The van der Waals surface area contributed by atoms with Gasteiger partial charge in [-0.1, -0.05) is 39.3 Å². The molecule has 1 N–H and O–H groups in total. The van der Waals surface area contributed by atoms with Crippen LogP contribution in [0.2, 0.25) is 0 Å². The predicted molar refractivity (Wildman–Crippen MR) is 79.7 cm³/mol. The number of hydrogen-bond donors (Lipinski definition) is 1. The molecule has 1 rings (SSSR count). The molecule has 0 aliphatic heterocycles. The second-order valence-corrected chi connectivity index (χ2v) is 5.08. The zero-order valence-corrected chi connectivity index (χ0v) is 13.5. The zero-order valence-electron chi connectivity index (χ0n) is 13.5. The molecular weight excluding hydrogens is 254 g/mol. The summed E-state index contributed by atoms with van der Waals surface area (Å²) in [6, 6.07) is 0.366. The monoisotopic (exact) mass is 283 g/mol. The van der Waals surface area contributed by atoms with Crippen LogP contribution in [0.15, 0.2) is 4.52 Å². The summed E-state index contributed by atoms with van der Waals surface area (Å²) in [6.07, 6.45) is 2.95. The molecule has 0 aliphatic carbocycles. The molecule has 5 heteroatoms.